The van der Waals surface area contributed by atoms with Crippen LogP contribution in [0, 0.1) is 5.92 Å². The normalized spacial score (nSPS) is 18.1. The molecule has 1 aromatic heterocycles. The first-order valence-corrected chi connectivity index (χ1v) is 11.4. The molecule has 2 aromatic rings. The quantitative estimate of drug-likeness (QED) is 0.540. The minimum Gasteiger partial charge on any atom is -0.396 e. The molecule has 0 unspecified atom stereocenters. The van der Waals surface area contributed by atoms with E-state index in [1.807, 2.05) is 23.2 Å². The molecule has 2 aliphatic rings. The zero-order valence-electron chi connectivity index (χ0n) is 17.3. The summed E-state index contributed by atoms with van der Waals surface area (Å²) in [6, 6.07) is 6.87. The number of aromatic nitrogens is 1. The van der Waals surface area contributed by atoms with E-state index in [0.29, 0.717) is 11.6 Å². The summed E-state index contributed by atoms with van der Waals surface area (Å²) in [5.74, 6) is -0.382. The van der Waals surface area contributed by atoms with Gasteiger partial charge in [-0.05, 0) is 49.3 Å². The molecule has 4 rings (SSSR count). The predicted octanol–water partition coefficient (Wildman–Crippen LogP) is 3.00. The fourth-order valence-corrected chi connectivity index (χ4v) is 4.37. The zero-order valence-corrected chi connectivity index (χ0v) is 18.1. The lowest BCUT2D eigenvalue weighted by Crippen LogP contribution is -2.24. The Hall–Kier alpha value is -2.72. The molecule has 1 fully saturated rings. The number of fused-ring (bicyclic) bond motifs is 1. The second-order valence-electron chi connectivity index (χ2n) is 7.74. The fourth-order valence-electron chi connectivity index (χ4n) is 3.81. The summed E-state index contributed by atoms with van der Waals surface area (Å²) in [4.78, 5) is 16.8. The number of aliphatic hydroxyl groups is 1. The average molecular weight is 464 g/mol. The van der Waals surface area contributed by atoms with Crippen LogP contribution in [0.3, 0.4) is 0 Å². The number of hydrogen-bond acceptors (Lipinski definition) is 5. The number of nitrogens with one attached hydrogen (secondary N) is 1. The number of carbonyl (C=O) groups excluding carboxylic acids is 1. The van der Waals surface area contributed by atoms with Crippen LogP contribution in [0.25, 0.3) is 6.20 Å². The molecule has 0 atom stereocenters. The molecular weight excluding hydrogens is 441 g/mol. The van der Waals surface area contributed by atoms with E-state index >= 15 is 0 Å². The fraction of sp³-hybridized carbons (Fsp3) is 0.364. The molecule has 0 saturated heterocycles. The number of nitrogens with zero attached hydrogens (tertiary/aromatic N) is 3. The molecule has 0 bridgehead atoms. The molecule has 2 N–H and O–H groups in total. The van der Waals surface area contributed by atoms with Crippen molar-refractivity contribution in [2.75, 3.05) is 18.2 Å². The van der Waals surface area contributed by atoms with Gasteiger partial charge >= 0.3 is 6.18 Å². The largest absolute Gasteiger partial charge is 0.433 e. The van der Waals surface area contributed by atoms with Gasteiger partial charge in [0.15, 0.2) is 5.71 Å². The van der Waals surface area contributed by atoms with Gasteiger partial charge in [0.05, 0.1) is 10.9 Å². The Morgan fingerprint density at radius 3 is 2.69 bits per heavy atom. The molecule has 6 nitrogen and oxygen atoms in total. The molecule has 1 aliphatic carbocycles. The van der Waals surface area contributed by atoms with Crippen LogP contribution in [-0.4, -0.2) is 39.3 Å². The average Bonchev–Trinajstić information content (AvgIpc) is 3.21. The van der Waals surface area contributed by atoms with E-state index in [1.54, 1.807) is 6.07 Å². The van der Waals surface area contributed by atoms with Crippen LogP contribution in [0.5, 0.6) is 0 Å². The summed E-state index contributed by atoms with van der Waals surface area (Å²) in [6.45, 7) is 0.204. The molecule has 1 aliphatic heterocycles. The molecule has 10 heteroatoms. The van der Waals surface area contributed by atoms with Crippen LogP contribution in [0.4, 0.5) is 18.9 Å². The number of hydrogen-bond donors (Lipinski definition) is 2. The highest BCUT2D eigenvalue weighted by molar-refractivity contribution is 7.98. The standard InChI is InChI=1S/C22H21F3N4O2S/c1-32-19-10-17-14(11-29(28-17)15-7-5-13(12-30)6-8-15)9-18(19)27-21(31)16-3-2-4-20(26-16)22(23,24)25/h2-4,9-11,13,30H,5-8,12H2,1H3/p+1. The van der Waals surface area contributed by atoms with Gasteiger partial charge in [-0.25, -0.2) is 4.98 Å². The van der Waals surface area contributed by atoms with Crippen molar-refractivity contribution >= 4 is 35.3 Å². The second kappa shape index (κ2) is 9.03. The Morgan fingerprint density at radius 1 is 1.28 bits per heavy atom. The maximum absolute atomic E-state index is 12.9. The van der Waals surface area contributed by atoms with E-state index < -0.39 is 17.8 Å². The first kappa shape index (κ1) is 22.5. The number of carbonyl (C=O) groups is 1. The van der Waals surface area contributed by atoms with Crippen molar-refractivity contribution in [3.63, 3.8) is 0 Å². The molecule has 0 spiro atoms. The van der Waals surface area contributed by atoms with E-state index in [9.17, 15) is 23.1 Å². The van der Waals surface area contributed by atoms with E-state index in [-0.39, 0.29) is 12.3 Å². The number of halogens is 3. The molecule has 1 aromatic carbocycles. The third-order valence-electron chi connectivity index (χ3n) is 5.61. The van der Waals surface area contributed by atoms with Crippen molar-refractivity contribution in [3.8, 4) is 0 Å². The van der Waals surface area contributed by atoms with Crippen molar-refractivity contribution in [3.05, 3.63) is 52.3 Å². The predicted molar refractivity (Wildman–Crippen MR) is 115 cm³/mol. The number of anilines is 1. The summed E-state index contributed by atoms with van der Waals surface area (Å²) in [5.41, 5.74) is 0.247. The third-order valence-corrected chi connectivity index (χ3v) is 6.39. The number of rotatable bonds is 4. The molecule has 32 heavy (non-hydrogen) atoms. The van der Waals surface area contributed by atoms with E-state index in [0.717, 1.165) is 53.3 Å². The summed E-state index contributed by atoms with van der Waals surface area (Å²) in [7, 11) is 0. The van der Waals surface area contributed by atoms with Crippen molar-refractivity contribution in [2.24, 2.45) is 11.0 Å². The minimum absolute atomic E-state index is 0.204. The van der Waals surface area contributed by atoms with Gasteiger partial charge in [0, 0.05) is 29.4 Å². The molecule has 168 valence electrons. The number of amides is 1. The van der Waals surface area contributed by atoms with Gasteiger partial charge < -0.3 is 10.4 Å². The van der Waals surface area contributed by atoms with Crippen molar-refractivity contribution in [1.29, 1.82) is 0 Å². The summed E-state index contributed by atoms with van der Waals surface area (Å²) in [6.07, 6.45) is 2.68. The van der Waals surface area contributed by atoms with Crippen LogP contribution in [0.2, 0.25) is 0 Å². The monoisotopic (exact) mass is 463 g/mol. The maximum Gasteiger partial charge on any atom is 0.433 e. The highest BCUT2D eigenvalue weighted by Gasteiger charge is 2.33. The Balaban J connectivity index is 1.62. The Kier molecular flexibility index (Phi) is 6.34. The molecule has 1 amide bonds. The highest BCUT2D eigenvalue weighted by atomic mass is 32.2. The van der Waals surface area contributed by atoms with E-state index in [2.05, 4.69) is 15.4 Å². The van der Waals surface area contributed by atoms with Gasteiger partial charge in [-0.3, -0.25) is 4.79 Å². The Morgan fingerprint density at radius 2 is 2.03 bits per heavy atom. The maximum atomic E-state index is 12.9. The first-order chi connectivity index (χ1) is 15.3. The van der Waals surface area contributed by atoms with Gasteiger partial charge in [0.25, 0.3) is 5.91 Å². The van der Waals surface area contributed by atoms with Gasteiger partial charge in [0.2, 0.25) is 6.20 Å². The van der Waals surface area contributed by atoms with Crippen LogP contribution in [-0.2, 0) is 6.18 Å². The van der Waals surface area contributed by atoms with Crippen molar-refractivity contribution in [2.45, 2.75) is 36.8 Å². The van der Waals surface area contributed by atoms with Crippen LogP contribution in [0.1, 0.15) is 41.9 Å². The minimum atomic E-state index is -4.62. The smallest absolute Gasteiger partial charge is 0.396 e. The Bertz CT molecular complexity index is 1200. The number of pyridine rings is 1. The molecule has 0 radical (unpaired) electrons. The van der Waals surface area contributed by atoms with Crippen LogP contribution >= 0.6 is 11.8 Å². The number of aliphatic hydroxyl groups excluding tert-OH is 1. The molecule has 2 heterocycles. The summed E-state index contributed by atoms with van der Waals surface area (Å²) >= 11 is 1.40. The van der Waals surface area contributed by atoms with E-state index in [1.165, 1.54) is 23.5 Å². The Labute approximate surface area is 186 Å². The summed E-state index contributed by atoms with van der Waals surface area (Å²) < 4.78 is 40.6. The zero-order chi connectivity index (χ0) is 22.9. The highest BCUT2D eigenvalue weighted by Crippen LogP contribution is 2.28. The van der Waals surface area contributed by atoms with Crippen LogP contribution in [0.15, 0.2) is 40.3 Å². The lowest BCUT2D eigenvalue weighted by molar-refractivity contribution is -0.430. The van der Waals surface area contributed by atoms with Crippen LogP contribution < -0.4 is 15.9 Å². The molecular formula is C22H22F3N4O2S+. The van der Waals surface area contributed by atoms with Gasteiger partial charge in [-0.15, -0.1) is 11.8 Å². The molecule has 1 saturated carbocycles. The van der Waals surface area contributed by atoms with Crippen molar-refractivity contribution < 1.29 is 27.8 Å². The van der Waals surface area contributed by atoms with E-state index in [4.69, 9.17) is 0 Å². The SMILES string of the molecule is CSc1cc2c(cc1NC(=O)c1cccc(C(F)(F)F)n1)=C[N+](=C1CCC(CO)CC1)N=2. The van der Waals surface area contributed by atoms with Gasteiger partial charge in [-0.2, -0.15) is 13.2 Å². The van der Waals surface area contributed by atoms with Gasteiger partial charge in [0.1, 0.15) is 16.7 Å². The first-order valence-electron chi connectivity index (χ1n) is 10.2. The van der Waals surface area contributed by atoms with Crippen molar-refractivity contribution in [1.82, 2.24) is 4.98 Å². The lowest BCUT2D eigenvalue weighted by atomic mass is 9.88. The number of alkyl halides is 3. The number of thioether (sulfide) groups is 1. The summed E-state index contributed by atoms with van der Waals surface area (Å²) in [5, 5.41) is 18.3. The van der Waals surface area contributed by atoms with Gasteiger partial charge in [-0.1, -0.05) is 10.8 Å². The second-order valence-corrected chi connectivity index (χ2v) is 8.59. The topological polar surface area (TPSA) is 77.6 Å². The number of benzene rings is 1. The third kappa shape index (κ3) is 4.71. The lowest BCUT2D eigenvalue weighted by Gasteiger charge is -2.17.